The van der Waals surface area contributed by atoms with Crippen LogP contribution in [0.5, 0.6) is 0 Å². The van der Waals surface area contributed by atoms with Crippen LogP contribution in [0.2, 0.25) is 0 Å². The number of aryl methyl sites for hydroxylation is 1. The number of ether oxygens (including phenoxy) is 1. The van der Waals surface area contributed by atoms with E-state index in [1.54, 1.807) is 0 Å². The van der Waals surface area contributed by atoms with E-state index < -0.39 is 0 Å². The molecule has 0 spiro atoms. The van der Waals surface area contributed by atoms with Gasteiger partial charge in [0.1, 0.15) is 0 Å². The highest BCUT2D eigenvalue weighted by Gasteiger charge is 2.16. The lowest BCUT2D eigenvalue weighted by molar-refractivity contribution is 0.0136. The molecule has 2 atom stereocenters. The van der Waals surface area contributed by atoms with Gasteiger partial charge in [-0.1, -0.05) is 30.3 Å². The molecule has 1 saturated heterocycles. The Labute approximate surface area is 91.6 Å². The molecule has 0 amide bonds. The molecule has 2 heteroatoms. The predicted octanol–water partition coefficient (Wildman–Crippen LogP) is 2.00. The van der Waals surface area contributed by atoms with Gasteiger partial charge < -0.3 is 10.1 Å². The molecule has 1 fully saturated rings. The fourth-order valence-corrected chi connectivity index (χ4v) is 1.90. The fraction of sp³-hybridized carbons (Fsp3) is 0.538. The molecule has 2 unspecified atom stereocenters. The van der Waals surface area contributed by atoms with Crippen molar-refractivity contribution in [2.24, 2.45) is 0 Å². The molecule has 1 aliphatic rings. The van der Waals surface area contributed by atoms with Crippen LogP contribution in [0.15, 0.2) is 30.3 Å². The number of hydrogen-bond donors (Lipinski definition) is 1. The summed E-state index contributed by atoms with van der Waals surface area (Å²) >= 11 is 0. The molecule has 0 radical (unpaired) electrons. The standard InChI is InChI=1S/C13H19NO/c1-11-9-14-13(10-15-11)8-7-12-5-3-2-4-6-12/h2-6,11,13-14H,7-10H2,1H3. The Bertz CT molecular complexity index is 278. The maximum atomic E-state index is 5.62. The topological polar surface area (TPSA) is 21.3 Å². The lowest BCUT2D eigenvalue weighted by Crippen LogP contribution is -2.45. The number of benzene rings is 1. The number of rotatable bonds is 3. The maximum Gasteiger partial charge on any atom is 0.0672 e. The summed E-state index contributed by atoms with van der Waals surface area (Å²) < 4.78 is 5.62. The van der Waals surface area contributed by atoms with Crippen LogP contribution in [0.3, 0.4) is 0 Å². The van der Waals surface area contributed by atoms with Crippen LogP contribution in [-0.2, 0) is 11.2 Å². The lowest BCUT2D eigenvalue weighted by atomic mass is 10.0. The predicted molar refractivity (Wildman–Crippen MR) is 62.0 cm³/mol. The molecular weight excluding hydrogens is 186 g/mol. The van der Waals surface area contributed by atoms with E-state index in [9.17, 15) is 0 Å². The van der Waals surface area contributed by atoms with Crippen molar-refractivity contribution in [3.05, 3.63) is 35.9 Å². The zero-order valence-electron chi connectivity index (χ0n) is 9.28. The molecule has 1 heterocycles. The van der Waals surface area contributed by atoms with Gasteiger partial charge in [-0.05, 0) is 25.3 Å². The van der Waals surface area contributed by atoms with E-state index in [-0.39, 0.29) is 0 Å². The zero-order valence-corrected chi connectivity index (χ0v) is 9.28. The minimum absolute atomic E-state index is 0.373. The third kappa shape index (κ3) is 3.33. The van der Waals surface area contributed by atoms with Crippen molar-refractivity contribution >= 4 is 0 Å². The van der Waals surface area contributed by atoms with Gasteiger partial charge >= 0.3 is 0 Å². The summed E-state index contributed by atoms with van der Waals surface area (Å²) in [6.45, 7) is 3.95. The molecule has 0 saturated carbocycles. The average Bonchev–Trinajstić information content (AvgIpc) is 2.30. The first kappa shape index (κ1) is 10.7. The third-order valence-electron chi connectivity index (χ3n) is 2.90. The van der Waals surface area contributed by atoms with Crippen molar-refractivity contribution in [1.29, 1.82) is 0 Å². The second-order valence-electron chi connectivity index (χ2n) is 4.27. The largest absolute Gasteiger partial charge is 0.376 e. The third-order valence-corrected chi connectivity index (χ3v) is 2.90. The van der Waals surface area contributed by atoms with Crippen molar-refractivity contribution in [1.82, 2.24) is 5.32 Å². The average molecular weight is 205 g/mol. The second kappa shape index (κ2) is 5.29. The van der Waals surface area contributed by atoms with Crippen molar-refractivity contribution in [3.63, 3.8) is 0 Å². The van der Waals surface area contributed by atoms with Crippen molar-refractivity contribution in [2.75, 3.05) is 13.2 Å². The van der Waals surface area contributed by atoms with Crippen LogP contribution in [0.4, 0.5) is 0 Å². The summed E-state index contributed by atoms with van der Waals surface area (Å²) in [4.78, 5) is 0. The van der Waals surface area contributed by atoms with E-state index in [0.29, 0.717) is 12.1 Å². The molecule has 0 bridgehead atoms. The molecule has 0 aliphatic carbocycles. The smallest absolute Gasteiger partial charge is 0.0672 e. The first-order valence-electron chi connectivity index (χ1n) is 5.73. The Kier molecular flexibility index (Phi) is 3.75. The summed E-state index contributed by atoms with van der Waals surface area (Å²) in [7, 11) is 0. The van der Waals surface area contributed by atoms with Gasteiger partial charge in [0.25, 0.3) is 0 Å². The summed E-state index contributed by atoms with van der Waals surface area (Å²) in [5.74, 6) is 0. The molecule has 1 aromatic carbocycles. The Morgan fingerprint density at radius 1 is 1.33 bits per heavy atom. The SMILES string of the molecule is CC1CNC(CCc2ccccc2)CO1. The summed E-state index contributed by atoms with van der Waals surface area (Å²) in [6.07, 6.45) is 2.67. The van der Waals surface area contributed by atoms with E-state index in [2.05, 4.69) is 42.6 Å². The first-order chi connectivity index (χ1) is 7.34. The molecule has 82 valence electrons. The molecule has 1 N–H and O–H groups in total. The molecular formula is C13H19NO. The van der Waals surface area contributed by atoms with Gasteiger partial charge in [-0.3, -0.25) is 0 Å². The van der Waals surface area contributed by atoms with Crippen LogP contribution in [0, 0.1) is 0 Å². The van der Waals surface area contributed by atoms with Crippen molar-refractivity contribution < 1.29 is 4.74 Å². The van der Waals surface area contributed by atoms with E-state index in [0.717, 1.165) is 26.0 Å². The molecule has 1 aliphatic heterocycles. The molecule has 2 nitrogen and oxygen atoms in total. The van der Waals surface area contributed by atoms with Crippen LogP contribution < -0.4 is 5.32 Å². The maximum absolute atomic E-state index is 5.62. The summed E-state index contributed by atoms with van der Waals surface area (Å²) in [6, 6.07) is 11.2. The first-order valence-corrected chi connectivity index (χ1v) is 5.73. The van der Waals surface area contributed by atoms with Crippen LogP contribution >= 0.6 is 0 Å². The molecule has 15 heavy (non-hydrogen) atoms. The van der Waals surface area contributed by atoms with E-state index >= 15 is 0 Å². The van der Waals surface area contributed by atoms with Crippen LogP contribution in [0.1, 0.15) is 18.9 Å². The van der Waals surface area contributed by atoms with E-state index in [1.807, 2.05) is 0 Å². The Morgan fingerprint density at radius 3 is 2.80 bits per heavy atom. The summed E-state index contributed by atoms with van der Waals surface area (Å²) in [5, 5.41) is 3.51. The highest BCUT2D eigenvalue weighted by molar-refractivity contribution is 5.14. The Hall–Kier alpha value is -0.860. The molecule has 1 aromatic rings. The normalized spacial score (nSPS) is 26.5. The monoisotopic (exact) mass is 205 g/mol. The van der Waals surface area contributed by atoms with Gasteiger partial charge in [0.2, 0.25) is 0 Å². The minimum Gasteiger partial charge on any atom is -0.376 e. The Balaban J connectivity index is 1.74. The molecule has 0 aromatic heterocycles. The van der Waals surface area contributed by atoms with Gasteiger partial charge in [-0.2, -0.15) is 0 Å². The number of morpholine rings is 1. The van der Waals surface area contributed by atoms with E-state index in [1.165, 1.54) is 5.56 Å². The lowest BCUT2D eigenvalue weighted by Gasteiger charge is -2.28. The fourth-order valence-electron chi connectivity index (χ4n) is 1.90. The number of hydrogen-bond acceptors (Lipinski definition) is 2. The van der Waals surface area contributed by atoms with Crippen LogP contribution in [0.25, 0.3) is 0 Å². The van der Waals surface area contributed by atoms with Gasteiger partial charge in [-0.15, -0.1) is 0 Å². The van der Waals surface area contributed by atoms with Gasteiger partial charge in [-0.25, -0.2) is 0 Å². The van der Waals surface area contributed by atoms with Crippen LogP contribution in [-0.4, -0.2) is 25.3 Å². The zero-order chi connectivity index (χ0) is 10.5. The summed E-state index contributed by atoms with van der Waals surface area (Å²) in [5.41, 5.74) is 1.41. The Morgan fingerprint density at radius 2 is 2.13 bits per heavy atom. The van der Waals surface area contributed by atoms with Gasteiger partial charge in [0, 0.05) is 12.6 Å². The second-order valence-corrected chi connectivity index (χ2v) is 4.27. The van der Waals surface area contributed by atoms with Crippen molar-refractivity contribution in [3.8, 4) is 0 Å². The van der Waals surface area contributed by atoms with E-state index in [4.69, 9.17) is 4.74 Å². The van der Waals surface area contributed by atoms with Crippen molar-refractivity contribution in [2.45, 2.75) is 31.9 Å². The van der Waals surface area contributed by atoms with Gasteiger partial charge in [0.15, 0.2) is 0 Å². The highest BCUT2D eigenvalue weighted by Crippen LogP contribution is 2.08. The minimum atomic E-state index is 0.373. The number of nitrogens with one attached hydrogen (secondary N) is 1. The van der Waals surface area contributed by atoms with Gasteiger partial charge in [0.05, 0.1) is 12.7 Å². The highest BCUT2D eigenvalue weighted by atomic mass is 16.5. The molecule has 2 rings (SSSR count). The quantitative estimate of drug-likeness (QED) is 0.815.